The first-order chi connectivity index (χ1) is 16.7. The van der Waals surface area contributed by atoms with Crippen LogP contribution in [0.3, 0.4) is 0 Å². The monoisotopic (exact) mass is 481 g/mol. The summed E-state index contributed by atoms with van der Waals surface area (Å²) in [6.45, 7) is 0.664. The van der Waals surface area contributed by atoms with E-state index in [9.17, 15) is 20.0 Å². The lowest BCUT2D eigenvalue weighted by Crippen LogP contribution is -2.30. The van der Waals surface area contributed by atoms with Crippen molar-refractivity contribution in [3.05, 3.63) is 70.4 Å². The number of rotatable bonds is 11. The summed E-state index contributed by atoms with van der Waals surface area (Å²) < 4.78 is 5.60. The van der Waals surface area contributed by atoms with Gasteiger partial charge in [-0.1, -0.05) is 6.07 Å². The van der Waals surface area contributed by atoms with Gasteiger partial charge >= 0.3 is 0 Å². The molecule has 0 spiro atoms. The van der Waals surface area contributed by atoms with Crippen LogP contribution in [0.25, 0.3) is 0 Å². The molecule has 0 aliphatic carbocycles. The number of likely N-dealkylation sites (N-methyl/N-ethyl adjacent to an activating group) is 1. The summed E-state index contributed by atoms with van der Waals surface area (Å²) in [6.07, 6.45) is 0.754. The number of carbonyl (C=O) groups is 1. The van der Waals surface area contributed by atoms with E-state index in [0.717, 1.165) is 0 Å². The quantitative estimate of drug-likeness (QED) is 0.237. The zero-order valence-electron chi connectivity index (χ0n) is 19.6. The van der Waals surface area contributed by atoms with E-state index in [1.807, 2.05) is 19.0 Å². The number of non-ortho nitro benzene ring substituents is 1. The van der Waals surface area contributed by atoms with E-state index in [0.29, 0.717) is 23.7 Å². The maximum absolute atomic E-state index is 12.3. The molecule has 4 N–H and O–H groups in total. The van der Waals surface area contributed by atoms with E-state index in [1.54, 1.807) is 30.3 Å². The smallest absolute Gasteiger partial charge is 0.271 e. The Labute approximate surface area is 202 Å². The fourth-order valence-electron chi connectivity index (χ4n) is 3.10. The average Bonchev–Trinajstić information content (AvgIpc) is 2.83. The Balaban J connectivity index is 1.75. The summed E-state index contributed by atoms with van der Waals surface area (Å²) in [6, 6.07) is 12.9. The second-order valence-corrected chi connectivity index (χ2v) is 7.84. The number of aromatic nitrogens is 2. The number of ether oxygens (including phenoxy) is 1. The van der Waals surface area contributed by atoms with Crippen LogP contribution in [0.15, 0.2) is 54.7 Å². The molecule has 0 fully saturated rings. The van der Waals surface area contributed by atoms with Gasteiger partial charge < -0.3 is 30.7 Å². The third kappa shape index (κ3) is 7.35. The van der Waals surface area contributed by atoms with E-state index in [-0.39, 0.29) is 29.6 Å². The highest BCUT2D eigenvalue weighted by Gasteiger charge is 2.15. The molecule has 1 unspecified atom stereocenters. The molecule has 0 bridgehead atoms. The summed E-state index contributed by atoms with van der Waals surface area (Å²) in [4.78, 5) is 33.3. The zero-order chi connectivity index (χ0) is 25.4. The standard InChI is InChI=1S/C23H27N7O5/c1-24-22(32)20-12-25-23(28-21(20)26-16-5-4-6-17(11-16)30(33)34)27-15-7-9-19(10-8-15)35-14-18(31)13-29(2)3/h4-12,18,31H,13-14H2,1-3H3,(H,24,32)(H2,25,26,27,28). The van der Waals surface area contributed by atoms with E-state index in [4.69, 9.17) is 4.74 Å². The second-order valence-electron chi connectivity index (χ2n) is 7.84. The predicted molar refractivity (Wildman–Crippen MR) is 132 cm³/mol. The maximum atomic E-state index is 12.3. The van der Waals surface area contributed by atoms with Gasteiger partial charge in [0.2, 0.25) is 5.95 Å². The summed E-state index contributed by atoms with van der Waals surface area (Å²) in [5, 5.41) is 29.5. The van der Waals surface area contributed by atoms with Crippen molar-refractivity contribution in [1.82, 2.24) is 20.2 Å². The number of nitro benzene ring substituents is 1. The van der Waals surface area contributed by atoms with Gasteiger partial charge in [-0.05, 0) is 44.4 Å². The summed E-state index contributed by atoms with van der Waals surface area (Å²) >= 11 is 0. The normalized spacial score (nSPS) is 11.6. The Hall–Kier alpha value is -4.29. The molecule has 184 valence electrons. The van der Waals surface area contributed by atoms with Crippen LogP contribution in [0, 0.1) is 10.1 Å². The number of nitrogens with one attached hydrogen (secondary N) is 3. The number of amides is 1. The molecular formula is C23H27N7O5. The number of nitro groups is 1. The topological polar surface area (TPSA) is 155 Å². The number of aliphatic hydroxyl groups excluding tert-OH is 1. The van der Waals surface area contributed by atoms with Crippen LogP contribution >= 0.6 is 0 Å². The lowest BCUT2D eigenvalue weighted by Gasteiger charge is -2.16. The molecule has 0 aliphatic rings. The van der Waals surface area contributed by atoms with Gasteiger partial charge in [-0.2, -0.15) is 4.98 Å². The van der Waals surface area contributed by atoms with Gasteiger partial charge in [-0.15, -0.1) is 0 Å². The molecule has 1 amide bonds. The number of hydrogen-bond donors (Lipinski definition) is 4. The maximum Gasteiger partial charge on any atom is 0.271 e. The molecule has 0 aliphatic heterocycles. The number of hydrogen-bond acceptors (Lipinski definition) is 10. The molecule has 3 aromatic rings. The van der Waals surface area contributed by atoms with Crippen molar-refractivity contribution in [2.45, 2.75) is 6.10 Å². The fourth-order valence-corrected chi connectivity index (χ4v) is 3.10. The highest BCUT2D eigenvalue weighted by atomic mass is 16.6. The lowest BCUT2D eigenvalue weighted by molar-refractivity contribution is -0.384. The Morgan fingerprint density at radius 3 is 2.57 bits per heavy atom. The largest absolute Gasteiger partial charge is 0.491 e. The Kier molecular flexibility index (Phi) is 8.48. The van der Waals surface area contributed by atoms with Gasteiger partial charge in [0.1, 0.15) is 29.8 Å². The number of anilines is 4. The predicted octanol–water partition coefficient (Wildman–Crippen LogP) is 2.53. The molecule has 12 heteroatoms. The van der Waals surface area contributed by atoms with Gasteiger partial charge in [0.05, 0.1) is 4.92 Å². The number of carbonyl (C=O) groups excluding carboxylic acids is 1. The zero-order valence-corrected chi connectivity index (χ0v) is 19.6. The average molecular weight is 482 g/mol. The fraction of sp³-hybridized carbons (Fsp3) is 0.261. The Morgan fingerprint density at radius 1 is 1.17 bits per heavy atom. The van der Waals surface area contributed by atoms with Crippen LogP contribution < -0.4 is 20.7 Å². The molecule has 35 heavy (non-hydrogen) atoms. The first kappa shape index (κ1) is 25.3. The molecule has 1 aromatic heterocycles. The van der Waals surface area contributed by atoms with Crippen molar-refractivity contribution in [3.63, 3.8) is 0 Å². The van der Waals surface area contributed by atoms with Crippen molar-refractivity contribution in [2.75, 3.05) is 44.9 Å². The van der Waals surface area contributed by atoms with Gasteiger partial charge in [-0.25, -0.2) is 4.98 Å². The van der Waals surface area contributed by atoms with Crippen molar-refractivity contribution in [3.8, 4) is 5.75 Å². The molecular weight excluding hydrogens is 454 g/mol. The second kappa shape index (κ2) is 11.7. The SMILES string of the molecule is CNC(=O)c1cnc(Nc2ccc(OCC(O)CN(C)C)cc2)nc1Nc1cccc([N+](=O)[O-])c1. The minimum atomic E-state index is -0.605. The Morgan fingerprint density at radius 2 is 1.91 bits per heavy atom. The van der Waals surface area contributed by atoms with Gasteiger partial charge in [0, 0.05) is 43.3 Å². The van der Waals surface area contributed by atoms with E-state index >= 15 is 0 Å². The number of nitrogens with zero attached hydrogens (tertiary/aromatic N) is 4. The van der Waals surface area contributed by atoms with Gasteiger partial charge in [-0.3, -0.25) is 14.9 Å². The summed E-state index contributed by atoms with van der Waals surface area (Å²) in [7, 11) is 5.23. The Bertz CT molecular complexity index is 1170. The van der Waals surface area contributed by atoms with E-state index in [2.05, 4.69) is 25.9 Å². The van der Waals surface area contributed by atoms with Gasteiger partial charge in [0.15, 0.2) is 0 Å². The third-order valence-electron chi connectivity index (χ3n) is 4.71. The number of benzene rings is 2. The number of aliphatic hydroxyl groups is 1. The van der Waals surface area contributed by atoms with E-state index < -0.39 is 16.9 Å². The molecule has 12 nitrogen and oxygen atoms in total. The third-order valence-corrected chi connectivity index (χ3v) is 4.71. The van der Waals surface area contributed by atoms with Crippen molar-refractivity contribution < 1.29 is 19.6 Å². The van der Waals surface area contributed by atoms with Crippen LogP contribution in [0.1, 0.15) is 10.4 Å². The van der Waals surface area contributed by atoms with Gasteiger partial charge in [0.25, 0.3) is 11.6 Å². The molecule has 3 rings (SSSR count). The van der Waals surface area contributed by atoms with Crippen molar-refractivity contribution >= 4 is 34.7 Å². The highest BCUT2D eigenvalue weighted by molar-refractivity contribution is 5.99. The first-order valence-corrected chi connectivity index (χ1v) is 10.7. The molecule has 2 aromatic carbocycles. The van der Waals surface area contributed by atoms with Crippen LogP contribution in [0.4, 0.5) is 28.8 Å². The van der Waals surface area contributed by atoms with E-state index in [1.165, 1.54) is 31.4 Å². The lowest BCUT2D eigenvalue weighted by atomic mass is 10.2. The first-order valence-electron chi connectivity index (χ1n) is 10.7. The van der Waals surface area contributed by atoms with Crippen molar-refractivity contribution in [2.24, 2.45) is 0 Å². The minimum absolute atomic E-state index is 0.0968. The van der Waals surface area contributed by atoms with Crippen LogP contribution in [-0.4, -0.2) is 71.2 Å². The highest BCUT2D eigenvalue weighted by Crippen LogP contribution is 2.25. The molecule has 1 atom stereocenters. The minimum Gasteiger partial charge on any atom is -0.491 e. The van der Waals surface area contributed by atoms with Crippen LogP contribution in [0.2, 0.25) is 0 Å². The summed E-state index contributed by atoms with van der Waals surface area (Å²) in [5.41, 5.74) is 1.14. The molecule has 0 radical (unpaired) electrons. The molecule has 1 heterocycles. The van der Waals surface area contributed by atoms with Crippen LogP contribution in [-0.2, 0) is 0 Å². The van der Waals surface area contributed by atoms with Crippen molar-refractivity contribution in [1.29, 1.82) is 0 Å². The molecule has 0 saturated heterocycles. The molecule has 0 saturated carbocycles. The van der Waals surface area contributed by atoms with Crippen LogP contribution in [0.5, 0.6) is 5.75 Å². The summed E-state index contributed by atoms with van der Waals surface area (Å²) in [5.74, 6) is 0.567.